The van der Waals surface area contributed by atoms with Gasteiger partial charge in [-0.05, 0) is 50.8 Å². The zero-order valence-electron chi connectivity index (χ0n) is 13.2. The molecule has 22 heavy (non-hydrogen) atoms. The molecule has 2 heterocycles. The Morgan fingerprint density at radius 3 is 2.73 bits per heavy atom. The molecular formula is C18H26N2O2. The lowest BCUT2D eigenvalue weighted by Gasteiger charge is -2.27. The van der Waals surface area contributed by atoms with Crippen molar-refractivity contribution in [1.82, 2.24) is 10.2 Å². The minimum absolute atomic E-state index is 0.164. The lowest BCUT2D eigenvalue weighted by molar-refractivity contribution is -0.139. The second kappa shape index (κ2) is 7.75. The normalized spacial score (nSPS) is 22.9. The Bertz CT molecular complexity index is 471. The van der Waals surface area contributed by atoms with Crippen LogP contribution < -0.4 is 5.32 Å². The molecule has 2 saturated heterocycles. The van der Waals surface area contributed by atoms with Gasteiger partial charge in [0, 0.05) is 12.6 Å². The molecule has 2 aliphatic heterocycles. The van der Waals surface area contributed by atoms with Crippen LogP contribution in [0, 0.1) is 0 Å². The number of benzene rings is 1. The minimum Gasteiger partial charge on any atom is -0.368 e. The molecule has 1 amide bonds. The molecule has 0 radical (unpaired) electrons. The van der Waals surface area contributed by atoms with E-state index in [0.717, 1.165) is 51.7 Å². The SMILES string of the molecule is O=C(COC1CCNCC1)N1CCCC1Cc1ccccc1. The van der Waals surface area contributed by atoms with Crippen molar-refractivity contribution in [3.8, 4) is 0 Å². The van der Waals surface area contributed by atoms with Gasteiger partial charge in [-0.2, -0.15) is 0 Å². The summed E-state index contributed by atoms with van der Waals surface area (Å²) in [5, 5.41) is 3.32. The monoisotopic (exact) mass is 302 g/mol. The molecule has 0 aromatic heterocycles. The van der Waals surface area contributed by atoms with Gasteiger partial charge in [0.2, 0.25) is 5.91 Å². The summed E-state index contributed by atoms with van der Waals surface area (Å²) in [6, 6.07) is 10.8. The van der Waals surface area contributed by atoms with Gasteiger partial charge in [0.15, 0.2) is 0 Å². The highest BCUT2D eigenvalue weighted by molar-refractivity contribution is 5.78. The fourth-order valence-electron chi connectivity index (χ4n) is 3.50. The van der Waals surface area contributed by atoms with Crippen LogP contribution in [0.25, 0.3) is 0 Å². The number of nitrogens with zero attached hydrogens (tertiary/aromatic N) is 1. The number of amides is 1. The van der Waals surface area contributed by atoms with E-state index in [1.807, 2.05) is 11.0 Å². The summed E-state index contributed by atoms with van der Waals surface area (Å²) in [7, 11) is 0. The third-order valence-corrected chi connectivity index (χ3v) is 4.74. The van der Waals surface area contributed by atoms with Crippen molar-refractivity contribution in [2.75, 3.05) is 26.2 Å². The molecule has 0 saturated carbocycles. The van der Waals surface area contributed by atoms with E-state index in [9.17, 15) is 4.79 Å². The fraction of sp³-hybridized carbons (Fsp3) is 0.611. The van der Waals surface area contributed by atoms with E-state index in [-0.39, 0.29) is 18.6 Å². The lowest BCUT2D eigenvalue weighted by Crippen LogP contribution is -2.41. The molecule has 1 aromatic rings. The average molecular weight is 302 g/mol. The molecule has 4 heteroatoms. The first kappa shape index (κ1) is 15.5. The topological polar surface area (TPSA) is 41.6 Å². The Morgan fingerprint density at radius 1 is 1.18 bits per heavy atom. The maximum atomic E-state index is 12.5. The van der Waals surface area contributed by atoms with Gasteiger partial charge >= 0.3 is 0 Å². The zero-order valence-corrected chi connectivity index (χ0v) is 13.2. The summed E-state index contributed by atoms with van der Waals surface area (Å²) in [5.74, 6) is 0.164. The number of hydrogen-bond acceptors (Lipinski definition) is 3. The quantitative estimate of drug-likeness (QED) is 0.904. The van der Waals surface area contributed by atoms with Crippen LogP contribution in [-0.4, -0.2) is 49.2 Å². The Balaban J connectivity index is 1.50. The summed E-state index contributed by atoms with van der Waals surface area (Å²) < 4.78 is 5.82. The third-order valence-electron chi connectivity index (χ3n) is 4.74. The smallest absolute Gasteiger partial charge is 0.248 e. The highest BCUT2D eigenvalue weighted by atomic mass is 16.5. The summed E-state index contributed by atoms with van der Waals surface area (Å²) in [4.78, 5) is 14.5. The molecule has 0 spiro atoms. The summed E-state index contributed by atoms with van der Waals surface area (Å²) in [6.45, 7) is 3.13. The predicted octanol–water partition coefficient (Wildman–Crippen LogP) is 1.99. The number of likely N-dealkylation sites (tertiary alicyclic amines) is 1. The molecule has 3 rings (SSSR count). The van der Waals surface area contributed by atoms with Crippen molar-refractivity contribution in [3.05, 3.63) is 35.9 Å². The standard InChI is InChI=1S/C18H26N2O2/c21-18(14-22-17-8-10-19-11-9-17)20-12-4-7-16(20)13-15-5-2-1-3-6-15/h1-3,5-6,16-17,19H,4,7-14H2. The van der Waals surface area contributed by atoms with Crippen LogP contribution in [0.4, 0.5) is 0 Å². The Kier molecular flexibility index (Phi) is 5.46. The predicted molar refractivity (Wildman–Crippen MR) is 86.7 cm³/mol. The maximum absolute atomic E-state index is 12.5. The van der Waals surface area contributed by atoms with E-state index in [1.54, 1.807) is 0 Å². The zero-order chi connectivity index (χ0) is 15.2. The number of ether oxygens (including phenoxy) is 1. The lowest BCUT2D eigenvalue weighted by atomic mass is 10.0. The molecule has 120 valence electrons. The Morgan fingerprint density at radius 2 is 1.95 bits per heavy atom. The van der Waals surface area contributed by atoms with Gasteiger partial charge in [-0.15, -0.1) is 0 Å². The molecular weight excluding hydrogens is 276 g/mol. The molecule has 1 aromatic carbocycles. The van der Waals surface area contributed by atoms with E-state index in [1.165, 1.54) is 5.56 Å². The van der Waals surface area contributed by atoms with E-state index >= 15 is 0 Å². The van der Waals surface area contributed by atoms with Crippen LogP contribution in [0.1, 0.15) is 31.2 Å². The number of hydrogen-bond donors (Lipinski definition) is 1. The highest BCUT2D eigenvalue weighted by Gasteiger charge is 2.29. The molecule has 0 bridgehead atoms. The van der Waals surface area contributed by atoms with Gasteiger partial charge in [0.25, 0.3) is 0 Å². The fourth-order valence-corrected chi connectivity index (χ4v) is 3.50. The van der Waals surface area contributed by atoms with Crippen LogP contribution in [0.5, 0.6) is 0 Å². The molecule has 4 nitrogen and oxygen atoms in total. The van der Waals surface area contributed by atoms with Crippen molar-refractivity contribution in [3.63, 3.8) is 0 Å². The van der Waals surface area contributed by atoms with Crippen molar-refractivity contribution in [1.29, 1.82) is 0 Å². The largest absolute Gasteiger partial charge is 0.368 e. The molecule has 1 unspecified atom stereocenters. The minimum atomic E-state index is 0.164. The van der Waals surface area contributed by atoms with E-state index in [4.69, 9.17) is 4.74 Å². The average Bonchev–Trinajstić information content (AvgIpc) is 3.03. The Hall–Kier alpha value is -1.39. The summed E-state index contributed by atoms with van der Waals surface area (Å²) in [5.41, 5.74) is 1.31. The first-order chi connectivity index (χ1) is 10.8. The van der Waals surface area contributed by atoms with Crippen molar-refractivity contribution in [2.24, 2.45) is 0 Å². The number of nitrogens with one attached hydrogen (secondary N) is 1. The van der Waals surface area contributed by atoms with Crippen LogP contribution in [0.15, 0.2) is 30.3 Å². The molecule has 1 atom stereocenters. The first-order valence-corrected chi connectivity index (χ1v) is 8.48. The van der Waals surface area contributed by atoms with Crippen molar-refractivity contribution < 1.29 is 9.53 Å². The van der Waals surface area contributed by atoms with Crippen molar-refractivity contribution in [2.45, 2.75) is 44.2 Å². The first-order valence-electron chi connectivity index (χ1n) is 8.48. The number of piperidine rings is 1. The molecule has 0 aliphatic carbocycles. The second-order valence-electron chi connectivity index (χ2n) is 6.33. The van der Waals surface area contributed by atoms with Gasteiger partial charge in [-0.3, -0.25) is 4.79 Å². The van der Waals surface area contributed by atoms with Gasteiger partial charge < -0.3 is 15.0 Å². The summed E-state index contributed by atoms with van der Waals surface area (Å²) in [6.07, 6.45) is 5.45. The Labute approximate surface area is 132 Å². The second-order valence-corrected chi connectivity index (χ2v) is 6.33. The van der Waals surface area contributed by atoms with Crippen LogP contribution in [0.2, 0.25) is 0 Å². The van der Waals surface area contributed by atoms with Gasteiger partial charge in [-0.25, -0.2) is 0 Å². The van der Waals surface area contributed by atoms with E-state index < -0.39 is 0 Å². The van der Waals surface area contributed by atoms with Gasteiger partial charge in [0.05, 0.1) is 6.10 Å². The number of rotatable bonds is 5. The van der Waals surface area contributed by atoms with Crippen LogP contribution in [-0.2, 0) is 16.0 Å². The number of carbonyl (C=O) groups is 1. The van der Waals surface area contributed by atoms with Crippen molar-refractivity contribution >= 4 is 5.91 Å². The van der Waals surface area contributed by atoms with Gasteiger partial charge in [0.1, 0.15) is 6.61 Å². The molecule has 1 N–H and O–H groups in total. The number of carbonyl (C=O) groups excluding carboxylic acids is 1. The highest BCUT2D eigenvalue weighted by Crippen LogP contribution is 2.21. The van der Waals surface area contributed by atoms with Crippen LogP contribution >= 0.6 is 0 Å². The van der Waals surface area contributed by atoms with E-state index in [2.05, 4.69) is 29.6 Å². The maximum Gasteiger partial charge on any atom is 0.248 e. The molecule has 2 fully saturated rings. The van der Waals surface area contributed by atoms with Crippen LogP contribution in [0.3, 0.4) is 0 Å². The summed E-state index contributed by atoms with van der Waals surface area (Å²) >= 11 is 0. The third kappa shape index (κ3) is 4.08. The van der Waals surface area contributed by atoms with Gasteiger partial charge in [-0.1, -0.05) is 30.3 Å². The van der Waals surface area contributed by atoms with E-state index in [0.29, 0.717) is 6.04 Å². The molecule has 2 aliphatic rings.